The van der Waals surface area contributed by atoms with E-state index in [0.717, 1.165) is 17.0 Å². The Kier molecular flexibility index (Phi) is 6.02. The maximum Gasteiger partial charge on any atom is 0.405 e. The number of hydrogen-bond donors (Lipinski definition) is 2. The molecule has 0 unspecified atom stereocenters. The van der Waals surface area contributed by atoms with Gasteiger partial charge in [0.05, 0.1) is 7.11 Å². The Morgan fingerprint density at radius 1 is 1.28 bits per heavy atom. The van der Waals surface area contributed by atoms with Crippen molar-refractivity contribution in [2.24, 2.45) is 5.73 Å². The number of methoxy groups -OCH3 is 1. The first-order valence-electron chi connectivity index (χ1n) is 5.54. The molecule has 5 nitrogen and oxygen atoms in total. The first-order valence-corrected chi connectivity index (χ1v) is 5.54. The highest BCUT2D eigenvalue weighted by atomic mass is 16.6. The van der Waals surface area contributed by atoms with Gasteiger partial charge < -0.3 is 20.9 Å². The number of carbonyl (C=O) groups is 1. The summed E-state index contributed by atoms with van der Waals surface area (Å²) < 4.78 is 9.57. The van der Waals surface area contributed by atoms with E-state index in [9.17, 15) is 4.79 Å². The van der Waals surface area contributed by atoms with Crippen LogP contribution in [-0.2, 0) is 4.74 Å². The average molecular weight is 254 g/mol. The number of amides is 1. The quantitative estimate of drug-likeness (QED) is 0.753. The fourth-order valence-electron chi connectivity index (χ4n) is 1.08. The van der Waals surface area contributed by atoms with E-state index in [0.29, 0.717) is 0 Å². The molecular formula is C13H22N2O3. The molecule has 102 valence electrons. The van der Waals surface area contributed by atoms with E-state index in [-0.39, 0.29) is 0 Å². The number of anilines is 1. The summed E-state index contributed by atoms with van der Waals surface area (Å²) in [5, 5.41) is 0. The number of nitrogens with two attached hydrogens (primary N) is 2. The van der Waals surface area contributed by atoms with E-state index in [1.54, 1.807) is 27.9 Å². The third kappa shape index (κ3) is 7.38. The molecule has 1 aromatic carbocycles. The normalized spacial score (nSPS) is 10.1. The molecule has 0 saturated heterocycles. The Morgan fingerprint density at radius 3 is 2.11 bits per heavy atom. The van der Waals surface area contributed by atoms with E-state index < -0.39 is 11.7 Å². The molecule has 0 heterocycles. The van der Waals surface area contributed by atoms with Crippen LogP contribution in [-0.4, -0.2) is 18.8 Å². The maximum atomic E-state index is 10.0. The fourth-order valence-corrected chi connectivity index (χ4v) is 1.08. The second-order valence-electron chi connectivity index (χ2n) is 4.76. The molecule has 1 amide bonds. The van der Waals surface area contributed by atoms with E-state index >= 15 is 0 Å². The van der Waals surface area contributed by atoms with Gasteiger partial charge in [-0.2, -0.15) is 0 Å². The highest BCUT2D eigenvalue weighted by Gasteiger charge is 2.12. The highest BCUT2D eigenvalue weighted by molar-refractivity contribution is 5.65. The lowest BCUT2D eigenvalue weighted by atomic mass is 10.2. The predicted molar refractivity (Wildman–Crippen MR) is 72.6 cm³/mol. The molecule has 5 heteroatoms. The third-order valence-corrected chi connectivity index (χ3v) is 1.88. The van der Waals surface area contributed by atoms with Crippen molar-refractivity contribution in [3.8, 4) is 5.75 Å². The van der Waals surface area contributed by atoms with Crippen molar-refractivity contribution in [1.82, 2.24) is 0 Å². The van der Waals surface area contributed by atoms with Crippen LogP contribution in [0.15, 0.2) is 18.2 Å². The van der Waals surface area contributed by atoms with E-state index in [1.807, 2.05) is 25.1 Å². The van der Waals surface area contributed by atoms with Crippen LogP contribution in [0.25, 0.3) is 0 Å². The molecule has 0 radical (unpaired) electrons. The number of aryl methyl sites for hydroxylation is 1. The van der Waals surface area contributed by atoms with Gasteiger partial charge in [0.1, 0.15) is 11.4 Å². The molecule has 0 bridgehead atoms. The zero-order chi connectivity index (χ0) is 14.3. The minimum atomic E-state index is -0.725. The molecule has 0 aliphatic heterocycles. The minimum Gasteiger partial charge on any atom is -0.497 e. The van der Waals surface area contributed by atoms with Gasteiger partial charge in [-0.05, 0) is 51.5 Å². The van der Waals surface area contributed by atoms with Crippen molar-refractivity contribution in [3.05, 3.63) is 23.8 Å². The number of carbonyl (C=O) groups excluding carboxylic acids is 1. The van der Waals surface area contributed by atoms with Crippen molar-refractivity contribution in [2.75, 3.05) is 12.8 Å². The number of hydrogen-bond acceptors (Lipinski definition) is 4. The minimum absolute atomic E-state index is 0.453. The molecule has 1 rings (SSSR count). The lowest BCUT2D eigenvalue weighted by molar-refractivity contribution is 0.0600. The molecule has 18 heavy (non-hydrogen) atoms. The molecule has 0 aliphatic rings. The number of rotatable bonds is 1. The Labute approximate surface area is 108 Å². The summed E-state index contributed by atoms with van der Waals surface area (Å²) in [5.74, 6) is 0.853. The summed E-state index contributed by atoms with van der Waals surface area (Å²) in [6.07, 6.45) is -0.725. The largest absolute Gasteiger partial charge is 0.497 e. The van der Waals surface area contributed by atoms with Crippen LogP contribution in [0.5, 0.6) is 5.75 Å². The van der Waals surface area contributed by atoms with Gasteiger partial charge in [0, 0.05) is 5.69 Å². The molecule has 0 atom stereocenters. The van der Waals surface area contributed by atoms with Gasteiger partial charge in [-0.25, -0.2) is 4.79 Å². The zero-order valence-electron chi connectivity index (χ0n) is 11.6. The van der Waals surface area contributed by atoms with Crippen LogP contribution in [0, 0.1) is 6.92 Å². The number of benzene rings is 1. The molecule has 0 saturated carbocycles. The summed E-state index contributed by atoms with van der Waals surface area (Å²) in [6, 6.07) is 5.60. The van der Waals surface area contributed by atoms with Crippen LogP contribution in [0.4, 0.5) is 10.5 Å². The molecule has 0 aromatic heterocycles. The van der Waals surface area contributed by atoms with Gasteiger partial charge in [0.15, 0.2) is 0 Å². The Morgan fingerprint density at radius 2 is 1.83 bits per heavy atom. The van der Waals surface area contributed by atoms with Gasteiger partial charge in [-0.3, -0.25) is 0 Å². The lowest BCUT2D eigenvalue weighted by Crippen LogP contribution is -2.27. The van der Waals surface area contributed by atoms with Crippen molar-refractivity contribution in [2.45, 2.75) is 33.3 Å². The van der Waals surface area contributed by atoms with Crippen LogP contribution < -0.4 is 16.2 Å². The zero-order valence-corrected chi connectivity index (χ0v) is 11.6. The molecule has 0 fully saturated rings. The topological polar surface area (TPSA) is 87.6 Å². The Bertz CT molecular complexity index is 398. The van der Waals surface area contributed by atoms with Gasteiger partial charge >= 0.3 is 6.09 Å². The predicted octanol–water partition coefficient (Wildman–Crippen LogP) is 2.47. The van der Waals surface area contributed by atoms with Crippen molar-refractivity contribution in [1.29, 1.82) is 0 Å². The monoisotopic (exact) mass is 254 g/mol. The van der Waals surface area contributed by atoms with Gasteiger partial charge in [0.2, 0.25) is 0 Å². The number of primary amides is 1. The van der Waals surface area contributed by atoms with Crippen LogP contribution in [0.2, 0.25) is 0 Å². The van der Waals surface area contributed by atoms with Crippen LogP contribution in [0.1, 0.15) is 26.3 Å². The number of nitrogen functional groups attached to an aromatic ring is 1. The van der Waals surface area contributed by atoms with E-state index in [4.69, 9.17) is 16.2 Å². The lowest BCUT2D eigenvalue weighted by Gasteiger charge is -2.16. The molecule has 0 spiro atoms. The summed E-state index contributed by atoms with van der Waals surface area (Å²) in [6.45, 7) is 7.24. The Hall–Kier alpha value is -1.91. The number of ether oxygens (including phenoxy) is 2. The van der Waals surface area contributed by atoms with E-state index in [2.05, 4.69) is 4.74 Å². The SMILES string of the molecule is CC(C)(C)OC(N)=O.COc1ccc(N)c(C)c1. The fraction of sp³-hybridized carbons (Fsp3) is 0.462. The smallest absolute Gasteiger partial charge is 0.405 e. The van der Waals surface area contributed by atoms with Crippen molar-refractivity contribution in [3.63, 3.8) is 0 Å². The summed E-state index contributed by atoms with van der Waals surface area (Å²) in [7, 11) is 1.64. The molecule has 4 N–H and O–H groups in total. The summed E-state index contributed by atoms with van der Waals surface area (Å²) in [5.41, 5.74) is 11.7. The highest BCUT2D eigenvalue weighted by Crippen LogP contribution is 2.17. The molecule has 0 aliphatic carbocycles. The average Bonchev–Trinajstić information content (AvgIpc) is 2.19. The standard InChI is InChI=1S/C8H11NO.C5H11NO2/c1-6-5-7(10-2)3-4-8(6)9;1-5(2,3)8-4(6)7/h3-5H,9H2,1-2H3;1-3H3,(H2,6,7). The van der Waals surface area contributed by atoms with Crippen LogP contribution >= 0.6 is 0 Å². The molecular weight excluding hydrogens is 232 g/mol. The first-order chi connectivity index (χ1) is 8.15. The second-order valence-corrected chi connectivity index (χ2v) is 4.76. The van der Waals surface area contributed by atoms with Crippen molar-refractivity contribution < 1.29 is 14.3 Å². The van der Waals surface area contributed by atoms with Crippen molar-refractivity contribution >= 4 is 11.8 Å². The van der Waals surface area contributed by atoms with Gasteiger partial charge in [0.25, 0.3) is 0 Å². The molecule has 1 aromatic rings. The van der Waals surface area contributed by atoms with Gasteiger partial charge in [-0.15, -0.1) is 0 Å². The van der Waals surface area contributed by atoms with E-state index in [1.165, 1.54) is 0 Å². The third-order valence-electron chi connectivity index (χ3n) is 1.88. The Balaban J connectivity index is 0.000000331. The first kappa shape index (κ1) is 16.1. The maximum absolute atomic E-state index is 10.0. The van der Waals surface area contributed by atoms with Crippen LogP contribution in [0.3, 0.4) is 0 Å². The summed E-state index contributed by atoms with van der Waals surface area (Å²) in [4.78, 5) is 10.0. The second kappa shape index (κ2) is 6.74. The summed E-state index contributed by atoms with van der Waals surface area (Å²) >= 11 is 0. The van der Waals surface area contributed by atoms with Gasteiger partial charge in [-0.1, -0.05) is 0 Å².